The van der Waals surface area contributed by atoms with E-state index in [2.05, 4.69) is 10.2 Å². The van der Waals surface area contributed by atoms with E-state index < -0.39 is 5.25 Å². The lowest BCUT2D eigenvalue weighted by atomic mass is 10.5. The highest BCUT2D eigenvalue weighted by atomic mass is 32.2. The number of hydrogen-bond donors (Lipinski definition) is 3. The minimum atomic E-state index is -0.395. The van der Waals surface area contributed by atoms with Gasteiger partial charge in [0.05, 0.1) is 5.25 Å². The predicted octanol–water partition coefficient (Wildman–Crippen LogP) is -1.42. The maximum atomic E-state index is 11.1. The molecule has 7 nitrogen and oxygen atoms in total. The molecule has 0 bridgehead atoms. The van der Waals surface area contributed by atoms with Gasteiger partial charge in [-0.25, -0.2) is 15.7 Å². The molecule has 1 rings (SSSR count). The van der Waals surface area contributed by atoms with Gasteiger partial charge in [0.1, 0.15) is 0 Å². The standard InChI is InChI=1S/C6H11N5O2S/c1-3(4(12)8-7)14-6-10-9-5(13)11(6)2/h3H,7H2,1-2H3,(H,8,12)(H,9,13). The number of nitrogens with two attached hydrogens (primary N) is 1. The molecule has 0 spiro atoms. The summed E-state index contributed by atoms with van der Waals surface area (Å²) < 4.78 is 1.32. The average molecular weight is 217 g/mol. The molecule has 0 fully saturated rings. The van der Waals surface area contributed by atoms with E-state index in [-0.39, 0.29) is 11.6 Å². The van der Waals surface area contributed by atoms with Gasteiger partial charge >= 0.3 is 5.69 Å². The third kappa shape index (κ3) is 2.15. The Bertz CT molecular complexity index is 384. The normalized spacial score (nSPS) is 12.5. The summed E-state index contributed by atoms with van der Waals surface area (Å²) in [5.41, 5.74) is 1.71. The lowest BCUT2D eigenvalue weighted by molar-refractivity contribution is -0.120. The molecule has 0 radical (unpaired) electrons. The Balaban J connectivity index is 2.74. The van der Waals surface area contributed by atoms with Crippen molar-refractivity contribution < 1.29 is 4.79 Å². The molecular weight excluding hydrogens is 206 g/mol. The molecule has 14 heavy (non-hydrogen) atoms. The number of nitrogens with one attached hydrogen (secondary N) is 2. The number of H-pyrrole nitrogens is 1. The van der Waals surface area contributed by atoms with Crippen LogP contribution in [0.1, 0.15) is 6.92 Å². The maximum Gasteiger partial charge on any atom is 0.343 e. The van der Waals surface area contributed by atoms with E-state index in [9.17, 15) is 9.59 Å². The molecule has 8 heteroatoms. The molecule has 1 aromatic heterocycles. The van der Waals surface area contributed by atoms with E-state index in [1.165, 1.54) is 4.57 Å². The summed E-state index contributed by atoms with van der Waals surface area (Å²) in [4.78, 5) is 22.0. The van der Waals surface area contributed by atoms with Gasteiger partial charge in [0, 0.05) is 7.05 Å². The van der Waals surface area contributed by atoms with Gasteiger partial charge in [0.2, 0.25) is 5.91 Å². The molecule has 0 aliphatic carbocycles. The molecular formula is C6H11N5O2S. The van der Waals surface area contributed by atoms with Gasteiger partial charge in [-0.05, 0) is 6.92 Å². The molecule has 4 N–H and O–H groups in total. The minimum Gasteiger partial charge on any atom is -0.293 e. The quantitative estimate of drug-likeness (QED) is 0.249. The Morgan fingerprint density at radius 1 is 1.79 bits per heavy atom. The third-order valence-corrected chi connectivity index (χ3v) is 2.78. The summed E-state index contributed by atoms with van der Waals surface area (Å²) in [6.07, 6.45) is 0. The SMILES string of the molecule is CC(Sc1n[nH]c(=O)n1C)C(=O)NN. The highest BCUT2D eigenvalue weighted by molar-refractivity contribution is 8.00. The van der Waals surface area contributed by atoms with Crippen LogP contribution in [0.25, 0.3) is 0 Å². The molecule has 1 aromatic rings. The maximum absolute atomic E-state index is 11.1. The molecule has 0 aliphatic rings. The number of rotatable bonds is 3. The number of thioether (sulfide) groups is 1. The van der Waals surface area contributed by atoms with Crippen molar-refractivity contribution in [3.8, 4) is 0 Å². The van der Waals surface area contributed by atoms with Gasteiger partial charge in [0.25, 0.3) is 0 Å². The summed E-state index contributed by atoms with van der Waals surface area (Å²) in [6.45, 7) is 1.67. The first-order valence-electron chi connectivity index (χ1n) is 3.84. The summed E-state index contributed by atoms with van der Waals surface area (Å²) >= 11 is 1.15. The Morgan fingerprint density at radius 3 is 2.86 bits per heavy atom. The van der Waals surface area contributed by atoms with Crippen LogP contribution in [0.5, 0.6) is 0 Å². The van der Waals surface area contributed by atoms with E-state index in [1.54, 1.807) is 14.0 Å². The van der Waals surface area contributed by atoms with Crippen molar-refractivity contribution in [3.63, 3.8) is 0 Å². The van der Waals surface area contributed by atoms with Crippen LogP contribution in [0.3, 0.4) is 0 Å². The van der Waals surface area contributed by atoms with Gasteiger partial charge in [-0.1, -0.05) is 11.8 Å². The first-order chi connectivity index (χ1) is 6.56. The fraction of sp³-hybridized carbons (Fsp3) is 0.500. The number of aromatic amines is 1. The van der Waals surface area contributed by atoms with Crippen molar-refractivity contribution in [3.05, 3.63) is 10.5 Å². The van der Waals surface area contributed by atoms with E-state index in [0.29, 0.717) is 5.16 Å². The van der Waals surface area contributed by atoms with E-state index >= 15 is 0 Å². The van der Waals surface area contributed by atoms with Crippen LogP contribution < -0.4 is 17.0 Å². The van der Waals surface area contributed by atoms with Crippen LogP contribution in [0, 0.1) is 0 Å². The lowest BCUT2D eigenvalue weighted by Gasteiger charge is -2.07. The number of nitrogens with zero attached hydrogens (tertiary/aromatic N) is 2. The van der Waals surface area contributed by atoms with Gasteiger partial charge < -0.3 is 0 Å². The number of amides is 1. The average Bonchev–Trinajstić information content (AvgIpc) is 2.48. The number of carbonyl (C=O) groups excluding carboxylic acids is 1. The zero-order valence-corrected chi connectivity index (χ0v) is 8.59. The molecule has 0 saturated carbocycles. The Labute approximate surface area is 84.0 Å². The van der Waals surface area contributed by atoms with Crippen LogP contribution in [0.4, 0.5) is 0 Å². The predicted molar refractivity (Wildman–Crippen MR) is 51.5 cm³/mol. The largest absolute Gasteiger partial charge is 0.343 e. The van der Waals surface area contributed by atoms with E-state index in [1.807, 2.05) is 5.43 Å². The van der Waals surface area contributed by atoms with Crippen molar-refractivity contribution in [2.24, 2.45) is 12.9 Å². The summed E-state index contributed by atoms with van der Waals surface area (Å²) in [6, 6.07) is 0. The topological polar surface area (TPSA) is 106 Å². The van der Waals surface area contributed by atoms with Crippen LogP contribution in [-0.2, 0) is 11.8 Å². The third-order valence-electron chi connectivity index (χ3n) is 1.63. The van der Waals surface area contributed by atoms with Crippen molar-refractivity contribution in [2.75, 3.05) is 0 Å². The van der Waals surface area contributed by atoms with Crippen molar-refractivity contribution >= 4 is 17.7 Å². The van der Waals surface area contributed by atoms with Crippen LogP contribution in [-0.4, -0.2) is 25.9 Å². The zero-order chi connectivity index (χ0) is 10.7. The monoisotopic (exact) mass is 217 g/mol. The van der Waals surface area contributed by atoms with Gasteiger partial charge in [-0.15, -0.1) is 5.10 Å². The molecule has 0 saturated heterocycles. The first kappa shape index (κ1) is 10.8. The highest BCUT2D eigenvalue weighted by Crippen LogP contribution is 2.18. The fourth-order valence-corrected chi connectivity index (χ4v) is 1.60. The second-order valence-corrected chi connectivity index (χ2v) is 3.95. The number of hydrazine groups is 1. The van der Waals surface area contributed by atoms with Gasteiger partial charge in [-0.3, -0.25) is 14.8 Å². The zero-order valence-electron chi connectivity index (χ0n) is 7.77. The van der Waals surface area contributed by atoms with Crippen LogP contribution in [0.15, 0.2) is 9.95 Å². The molecule has 1 amide bonds. The van der Waals surface area contributed by atoms with Gasteiger partial charge in [0.15, 0.2) is 5.16 Å². The van der Waals surface area contributed by atoms with Gasteiger partial charge in [-0.2, -0.15) is 0 Å². The first-order valence-corrected chi connectivity index (χ1v) is 4.72. The summed E-state index contributed by atoms with van der Waals surface area (Å²) in [5.74, 6) is 4.65. The summed E-state index contributed by atoms with van der Waals surface area (Å²) in [5, 5.41) is 6.07. The molecule has 1 atom stereocenters. The van der Waals surface area contributed by atoms with Crippen molar-refractivity contribution in [1.82, 2.24) is 20.2 Å². The fourth-order valence-electron chi connectivity index (χ4n) is 0.767. The highest BCUT2D eigenvalue weighted by Gasteiger charge is 2.16. The van der Waals surface area contributed by atoms with E-state index in [0.717, 1.165) is 11.8 Å². The summed E-state index contributed by atoms with van der Waals surface area (Å²) in [7, 11) is 1.57. The van der Waals surface area contributed by atoms with E-state index in [4.69, 9.17) is 5.84 Å². The molecule has 78 valence electrons. The Morgan fingerprint density at radius 2 is 2.43 bits per heavy atom. The van der Waals surface area contributed by atoms with Crippen LogP contribution in [0.2, 0.25) is 0 Å². The lowest BCUT2D eigenvalue weighted by Crippen LogP contribution is -2.36. The smallest absolute Gasteiger partial charge is 0.293 e. The second-order valence-electron chi connectivity index (χ2n) is 2.64. The minimum absolute atomic E-state index is 0.312. The van der Waals surface area contributed by atoms with Crippen molar-refractivity contribution in [1.29, 1.82) is 0 Å². The second kappa shape index (κ2) is 4.29. The number of carbonyl (C=O) groups is 1. The van der Waals surface area contributed by atoms with Crippen LogP contribution >= 0.6 is 11.8 Å². The number of aromatic nitrogens is 3. The Hall–Kier alpha value is -1.28. The Kier molecular flexibility index (Phi) is 3.31. The number of hydrogen-bond acceptors (Lipinski definition) is 5. The molecule has 1 unspecified atom stereocenters. The van der Waals surface area contributed by atoms with Crippen molar-refractivity contribution in [2.45, 2.75) is 17.3 Å². The molecule has 0 aliphatic heterocycles. The molecule has 0 aromatic carbocycles. The molecule has 1 heterocycles.